The Morgan fingerprint density at radius 1 is 1.10 bits per heavy atom. The van der Waals surface area contributed by atoms with Crippen LogP contribution >= 0.6 is 0 Å². The Hall–Kier alpha value is -1.79. The molecule has 1 aromatic carbocycles. The first-order valence-corrected chi connectivity index (χ1v) is 7.82. The van der Waals surface area contributed by atoms with Gasteiger partial charge in [0.05, 0.1) is 17.7 Å². The van der Waals surface area contributed by atoms with Gasteiger partial charge < -0.3 is 9.52 Å². The van der Waals surface area contributed by atoms with Crippen LogP contribution in [-0.2, 0) is 0 Å². The average molecular weight is 283 g/mol. The highest BCUT2D eigenvalue weighted by Gasteiger charge is 2.40. The molecule has 0 amide bonds. The number of fused-ring (bicyclic) bond motifs is 1. The van der Waals surface area contributed by atoms with Crippen molar-refractivity contribution < 1.29 is 9.52 Å². The normalized spacial score (nSPS) is 20.4. The first-order valence-electron chi connectivity index (χ1n) is 7.82. The van der Waals surface area contributed by atoms with Crippen molar-refractivity contribution in [1.82, 2.24) is 0 Å². The summed E-state index contributed by atoms with van der Waals surface area (Å²) in [6.07, 6.45) is 7.96. The Morgan fingerprint density at radius 2 is 1.76 bits per heavy atom. The Bertz CT molecular complexity index is 645. The molecule has 1 aliphatic rings. The second-order valence-electron chi connectivity index (χ2n) is 6.13. The van der Waals surface area contributed by atoms with Crippen molar-refractivity contribution in [3.05, 3.63) is 36.1 Å². The van der Waals surface area contributed by atoms with Crippen molar-refractivity contribution in [3.8, 4) is 6.07 Å². The molecule has 0 spiro atoms. The third-order valence-corrected chi connectivity index (χ3v) is 4.80. The zero-order valence-electron chi connectivity index (χ0n) is 12.2. The lowest BCUT2D eigenvalue weighted by molar-refractivity contribution is 0.0439. The SMILES string of the molecule is N#CC1(C(O)c2coc3ccccc23)CCCCCCC1. The highest BCUT2D eigenvalue weighted by Crippen LogP contribution is 2.45. The molecular formula is C18H21NO2. The molecule has 110 valence electrons. The zero-order chi connectivity index (χ0) is 14.7. The van der Waals surface area contributed by atoms with Crippen molar-refractivity contribution in [1.29, 1.82) is 5.26 Å². The smallest absolute Gasteiger partial charge is 0.134 e. The highest BCUT2D eigenvalue weighted by molar-refractivity contribution is 5.81. The first-order chi connectivity index (χ1) is 10.3. The van der Waals surface area contributed by atoms with Gasteiger partial charge in [-0.05, 0) is 18.9 Å². The molecule has 1 unspecified atom stereocenters. The summed E-state index contributed by atoms with van der Waals surface area (Å²) in [6, 6.07) is 10.1. The summed E-state index contributed by atoms with van der Waals surface area (Å²) in [7, 11) is 0. The van der Waals surface area contributed by atoms with E-state index in [2.05, 4.69) is 6.07 Å². The molecular weight excluding hydrogens is 262 g/mol. The predicted octanol–water partition coefficient (Wildman–Crippen LogP) is 4.72. The summed E-state index contributed by atoms with van der Waals surface area (Å²) in [5.41, 5.74) is 0.853. The van der Waals surface area contributed by atoms with Crippen LogP contribution in [0.1, 0.15) is 56.6 Å². The molecule has 3 heteroatoms. The molecule has 1 aliphatic carbocycles. The van der Waals surface area contributed by atoms with E-state index in [1.807, 2.05) is 24.3 Å². The van der Waals surface area contributed by atoms with E-state index in [0.29, 0.717) is 0 Å². The Morgan fingerprint density at radius 3 is 2.48 bits per heavy atom. The summed E-state index contributed by atoms with van der Waals surface area (Å²) in [4.78, 5) is 0. The van der Waals surface area contributed by atoms with Gasteiger partial charge in [0.1, 0.15) is 11.7 Å². The minimum atomic E-state index is -0.774. The van der Waals surface area contributed by atoms with Crippen LogP contribution in [0, 0.1) is 16.7 Å². The van der Waals surface area contributed by atoms with Gasteiger partial charge in [0.2, 0.25) is 0 Å². The number of rotatable bonds is 2. The van der Waals surface area contributed by atoms with Crippen LogP contribution in [0.5, 0.6) is 0 Å². The maximum absolute atomic E-state index is 10.9. The lowest BCUT2D eigenvalue weighted by Gasteiger charge is -2.33. The topological polar surface area (TPSA) is 57.2 Å². The zero-order valence-corrected chi connectivity index (χ0v) is 12.2. The van der Waals surface area contributed by atoms with Crippen LogP contribution in [0.3, 0.4) is 0 Å². The van der Waals surface area contributed by atoms with Crippen molar-refractivity contribution in [3.63, 3.8) is 0 Å². The molecule has 3 rings (SSSR count). The van der Waals surface area contributed by atoms with Gasteiger partial charge in [-0.2, -0.15) is 5.26 Å². The number of benzene rings is 1. The number of nitrogens with zero attached hydrogens (tertiary/aromatic N) is 1. The van der Waals surface area contributed by atoms with Gasteiger partial charge >= 0.3 is 0 Å². The number of hydrogen-bond acceptors (Lipinski definition) is 3. The average Bonchev–Trinajstić information content (AvgIpc) is 2.91. The maximum Gasteiger partial charge on any atom is 0.134 e. The number of hydrogen-bond donors (Lipinski definition) is 1. The number of nitriles is 1. The first kappa shape index (κ1) is 14.2. The van der Waals surface area contributed by atoms with Crippen LogP contribution in [-0.4, -0.2) is 5.11 Å². The highest BCUT2D eigenvalue weighted by atomic mass is 16.3. The molecule has 0 bridgehead atoms. The third kappa shape index (κ3) is 2.56. The third-order valence-electron chi connectivity index (χ3n) is 4.80. The number of para-hydroxylation sites is 1. The fourth-order valence-corrected chi connectivity index (χ4v) is 3.49. The van der Waals surface area contributed by atoms with Crippen molar-refractivity contribution in [2.75, 3.05) is 0 Å². The quantitative estimate of drug-likeness (QED) is 0.867. The monoisotopic (exact) mass is 283 g/mol. The van der Waals surface area contributed by atoms with E-state index in [4.69, 9.17) is 4.42 Å². The van der Waals surface area contributed by atoms with Gasteiger partial charge in [0.25, 0.3) is 0 Å². The Kier molecular flexibility index (Phi) is 3.98. The second-order valence-corrected chi connectivity index (χ2v) is 6.13. The molecule has 1 aromatic heterocycles. The standard InChI is InChI=1S/C18H21NO2/c19-13-18(10-6-2-1-3-7-11-18)17(20)15-12-21-16-9-5-4-8-14(15)16/h4-5,8-9,12,17,20H,1-3,6-7,10-11H2. The van der Waals surface area contributed by atoms with E-state index in [1.165, 1.54) is 6.42 Å². The molecule has 0 saturated heterocycles. The van der Waals surface area contributed by atoms with E-state index in [0.717, 1.165) is 55.1 Å². The van der Waals surface area contributed by atoms with Gasteiger partial charge in [-0.15, -0.1) is 0 Å². The maximum atomic E-state index is 10.9. The van der Waals surface area contributed by atoms with Crippen LogP contribution < -0.4 is 0 Å². The second kappa shape index (κ2) is 5.91. The lowest BCUT2D eigenvalue weighted by atomic mass is 9.71. The molecule has 2 aromatic rings. The van der Waals surface area contributed by atoms with Crippen LogP contribution in [0.4, 0.5) is 0 Å². The van der Waals surface area contributed by atoms with Crippen molar-refractivity contribution in [2.45, 2.75) is 51.0 Å². The molecule has 1 heterocycles. The fourth-order valence-electron chi connectivity index (χ4n) is 3.49. The fraction of sp³-hybridized carbons (Fsp3) is 0.500. The van der Waals surface area contributed by atoms with E-state index in [1.54, 1.807) is 6.26 Å². The van der Waals surface area contributed by atoms with Gasteiger partial charge in [-0.25, -0.2) is 0 Å². The van der Waals surface area contributed by atoms with E-state index in [-0.39, 0.29) is 0 Å². The molecule has 21 heavy (non-hydrogen) atoms. The summed E-state index contributed by atoms with van der Waals surface area (Å²) in [6.45, 7) is 0. The Balaban J connectivity index is 1.97. The van der Waals surface area contributed by atoms with Gasteiger partial charge in [-0.3, -0.25) is 0 Å². The molecule has 1 fully saturated rings. The van der Waals surface area contributed by atoms with Crippen LogP contribution in [0.2, 0.25) is 0 Å². The number of aliphatic hydroxyl groups is 1. The summed E-state index contributed by atoms with van der Waals surface area (Å²) >= 11 is 0. The van der Waals surface area contributed by atoms with E-state index in [9.17, 15) is 10.4 Å². The van der Waals surface area contributed by atoms with E-state index < -0.39 is 11.5 Å². The molecule has 1 N–H and O–H groups in total. The molecule has 3 nitrogen and oxygen atoms in total. The van der Waals surface area contributed by atoms with Gasteiger partial charge in [-0.1, -0.05) is 50.3 Å². The largest absolute Gasteiger partial charge is 0.464 e. The van der Waals surface area contributed by atoms with Crippen LogP contribution in [0.15, 0.2) is 34.9 Å². The Labute approximate surface area is 125 Å². The molecule has 1 atom stereocenters. The van der Waals surface area contributed by atoms with Gasteiger partial charge in [0, 0.05) is 10.9 Å². The molecule has 0 aliphatic heterocycles. The minimum absolute atomic E-state index is 0.674. The molecule has 1 saturated carbocycles. The summed E-state index contributed by atoms with van der Waals surface area (Å²) in [5.74, 6) is 0. The number of furan rings is 1. The predicted molar refractivity (Wildman–Crippen MR) is 81.5 cm³/mol. The summed E-state index contributed by atoms with van der Waals surface area (Å²) in [5, 5.41) is 21.6. The van der Waals surface area contributed by atoms with Crippen molar-refractivity contribution >= 4 is 11.0 Å². The molecule has 0 radical (unpaired) electrons. The minimum Gasteiger partial charge on any atom is -0.464 e. The lowest BCUT2D eigenvalue weighted by Crippen LogP contribution is -2.28. The summed E-state index contributed by atoms with van der Waals surface area (Å²) < 4.78 is 5.54. The van der Waals surface area contributed by atoms with Gasteiger partial charge in [0.15, 0.2) is 0 Å². The van der Waals surface area contributed by atoms with Crippen LogP contribution in [0.25, 0.3) is 11.0 Å². The number of aliphatic hydroxyl groups excluding tert-OH is 1. The van der Waals surface area contributed by atoms with E-state index >= 15 is 0 Å². The van der Waals surface area contributed by atoms with Crippen molar-refractivity contribution in [2.24, 2.45) is 5.41 Å².